The zero-order valence-electron chi connectivity index (χ0n) is 17.0. The second kappa shape index (κ2) is 6.36. The summed E-state index contributed by atoms with van der Waals surface area (Å²) >= 11 is 0. The molecule has 2 aliphatic heterocycles. The largest absolute Gasteiger partial charge is 0.277 e. The zero-order chi connectivity index (χ0) is 21.2. The first kappa shape index (κ1) is 18.7. The molecule has 0 atom stereocenters. The Labute approximate surface area is 174 Å². The summed E-state index contributed by atoms with van der Waals surface area (Å²) < 4.78 is 0. The van der Waals surface area contributed by atoms with Gasteiger partial charge in [-0.2, -0.15) is 0 Å². The minimum Gasteiger partial charge on any atom is -0.277 e. The lowest BCUT2D eigenvalue weighted by Crippen LogP contribution is -2.31. The van der Waals surface area contributed by atoms with Gasteiger partial charge in [-0.1, -0.05) is 31.4 Å². The minimum atomic E-state index is -0.350. The van der Waals surface area contributed by atoms with Crippen LogP contribution in [0.4, 0.5) is 0 Å². The molecule has 1 aliphatic carbocycles. The molecule has 3 aliphatic rings. The Morgan fingerprint density at radius 1 is 0.600 bits per heavy atom. The van der Waals surface area contributed by atoms with E-state index in [4.69, 9.17) is 0 Å². The van der Waals surface area contributed by atoms with Gasteiger partial charge in [-0.05, 0) is 48.2 Å². The fourth-order valence-electron chi connectivity index (χ4n) is 5.22. The molecule has 0 radical (unpaired) electrons. The molecule has 2 heterocycles. The van der Waals surface area contributed by atoms with Crippen LogP contribution in [0, 0.1) is 0 Å². The van der Waals surface area contributed by atoms with Crippen molar-refractivity contribution >= 4 is 23.6 Å². The number of benzene rings is 2. The average Bonchev–Trinajstić information content (AvgIpc) is 3.13. The van der Waals surface area contributed by atoms with E-state index in [-0.39, 0.29) is 29.0 Å². The van der Waals surface area contributed by atoms with Crippen LogP contribution in [0.25, 0.3) is 0 Å². The van der Waals surface area contributed by atoms with Crippen molar-refractivity contribution in [3.05, 3.63) is 69.8 Å². The summed E-state index contributed by atoms with van der Waals surface area (Å²) in [5.41, 5.74) is 3.39. The third kappa shape index (κ3) is 2.36. The van der Waals surface area contributed by atoms with Crippen LogP contribution < -0.4 is 0 Å². The Balaban J connectivity index is 1.67. The highest BCUT2D eigenvalue weighted by Gasteiger charge is 2.41. The van der Waals surface area contributed by atoms with E-state index < -0.39 is 0 Å². The van der Waals surface area contributed by atoms with Crippen molar-refractivity contribution in [1.29, 1.82) is 0 Å². The SMILES string of the molecule is CN1C(=O)c2ccc(C3(c4ccc5c(c4)C(=O)N(C)C5=O)CCCCC3)cc2C1=O. The molecule has 5 rings (SSSR count). The third-order valence-electron chi connectivity index (χ3n) is 6.99. The van der Waals surface area contributed by atoms with Gasteiger partial charge in [0, 0.05) is 19.5 Å². The summed E-state index contributed by atoms with van der Waals surface area (Å²) in [7, 11) is 3.00. The molecule has 0 unspecified atom stereocenters. The van der Waals surface area contributed by atoms with Gasteiger partial charge < -0.3 is 0 Å². The van der Waals surface area contributed by atoms with E-state index in [0.29, 0.717) is 22.3 Å². The number of fused-ring (bicyclic) bond motifs is 2. The summed E-state index contributed by atoms with van der Waals surface area (Å²) in [4.78, 5) is 52.0. The normalized spacial score (nSPS) is 20.1. The highest BCUT2D eigenvalue weighted by Crippen LogP contribution is 2.46. The van der Waals surface area contributed by atoms with E-state index in [9.17, 15) is 19.2 Å². The maximum Gasteiger partial charge on any atom is 0.261 e. The van der Waals surface area contributed by atoms with Gasteiger partial charge in [-0.3, -0.25) is 29.0 Å². The molecule has 0 aromatic heterocycles. The number of nitrogens with zero attached hydrogens (tertiary/aromatic N) is 2. The van der Waals surface area contributed by atoms with Gasteiger partial charge in [-0.15, -0.1) is 0 Å². The smallest absolute Gasteiger partial charge is 0.261 e. The monoisotopic (exact) mass is 402 g/mol. The van der Waals surface area contributed by atoms with Crippen LogP contribution >= 0.6 is 0 Å². The molecule has 1 saturated carbocycles. The number of carbonyl (C=O) groups is 4. The maximum atomic E-state index is 12.6. The van der Waals surface area contributed by atoms with Crippen LogP contribution in [0.1, 0.15) is 84.7 Å². The van der Waals surface area contributed by atoms with Crippen molar-refractivity contribution in [3.8, 4) is 0 Å². The van der Waals surface area contributed by atoms with Gasteiger partial charge in [0.1, 0.15) is 0 Å². The van der Waals surface area contributed by atoms with Gasteiger partial charge in [0.2, 0.25) is 0 Å². The molecule has 4 amide bonds. The van der Waals surface area contributed by atoms with Gasteiger partial charge >= 0.3 is 0 Å². The molecule has 1 fully saturated rings. The Morgan fingerprint density at radius 3 is 1.43 bits per heavy atom. The van der Waals surface area contributed by atoms with E-state index in [1.54, 1.807) is 12.1 Å². The Morgan fingerprint density at radius 2 is 1.00 bits per heavy atom. The highest BCUT2D eigenvalue weighted by molar-refractivity contribution is 6.22. The summed E-state index contributed by atoms with van der Waals surface area (Å²) in [6, 6.07) is 11.1. The molecule has 152 valence electrons. The first-order chi connectivity index (χ1) is 14.3. The van der Waals surface area contributed by atoms with Gasteiger partial charge in [0.05, 0.1) is 22.3 Å². The number of rotatable bonds is 2. The summed E-state index contributed by atoms with van der Waals surface area (Å²) in [6.45, 7) is 0. The average molecular weight is 402 g/mol. The Kier molecular flexibility index (Phi) is 3.97. The second-order valence-electron chi connectivity index (χ2n) is 8.50. The first-order valence-corrected chi connectivity index (χ1v) is 10.3. The summed E-state index contributed by atoms with van der Waals surface area (Å²) in [5.74, 6) is -1.11. The lowest BCUT2D eigenvalue weighted by atomic mass is 9.64. The van der Waals surface area contributed by atoms with E-state index in [1.165, 1.54) is 14.1 Å². The van der Waals surface area contributed by atoms with Crippen molar-refractivity contribution in [2.75, 3.05) is 14.1 Å². The Bertz CT molecular complexity index is 1060. The summed E-state index contributed by atoms with van der Waals surface area (Å²) in [6.07, 6.45) is 4.99. The van der Waals surface area contributed by atoms with Crippen LogP contribution in [-0.4, -0.2) is 47.5 Å². The lowest BCUT2D eigenvalue weighted by Gasteiger charge is -2.39. The Hall–Kier alpha value is -3.28. The van der Waals surface area contributed by atoms with Crippen LogP contribution in [0.2, 0.25) is 0 Å². The number of carbonyl (C=O) groups excluding carboxylic acids is 4. The van der Waals surface area contributed by atoms with E-state index in [2.05, 4.69) is 0 Å². The van der Waals surface area contributed by atoms with Gasteiger partial charge in [0.15, 0.2) is 0 Å². The van der Waals surface area contributed by atoms with Crippen molar-refractivity contribution in [2.45, 2.75) is 37.5 Å². The molecule has 0 bridgehead atoms. The van der Waals surface area contributed by atoms with Crippen LogP contribution in [0.15, 0.2) is 36.4 Å². The number of hydrogen-bond donors (Lipinski definition) is 0. The van der Waals surface area contributed by atoms with Gasteiger partial charge in [-0.25, -0.2) is 0 Å². The molecule has 30 heavy (non-hydrogen) atoms. The van der Waals surface area contributed by atoms with Crippen LogP contribution in [0.3, 0.4) is 0 Å². The molecule has 6 nitrogen and oxygen atoms in total. The molecule has 0 saturated heterocycles. The fraction of sp³-hybridized carbons (Fsp3) is 0.333. The van der Waals surface area contributed by atoms with E-state index >= 15 is 0 Å². The molecular weight excluding hydrogens is 380 g/mol. The highest BCUT2D eigenvalue weighted by atomic mass is 16.2. The minimum absolute atomic E-state index is 0.274. The third-order valence-corrected chi connectivity index (χ3v) is 6.99. The molecule has 0 spiro atoms. The van der Waals surface area contributed by atoms with Crippen LogP contribution in [-0.2, 0) is 5.41 Å². The number of imide groups is 2. The number of amides is 4. The molecule has 2 aromatic rings. The lowest BCUT2D eigenvalue weighted by molar-refractivity contribution is 0.0678. The molecule has 2 aromatic carbocycles. The summed E-state index contributed by atoms with van der Waals surface area (Å²) in [5, 5.41) is 0. The van der Waals surface area contributed by atoms with Gasteiger partial charge in [0.25, 0.3) is 23.6 Å². The van der Waals surface area contributed by atoms with E-state index in [1.807, 2.05) is 24.3 Å². The predicted molar refractivity (Wildman–Crippen MR) is 110 cm³/mol. The van der Waals surface area contributed by atoms with Crippen LogP contribution in [0.5, 0.6) is 0 Å². The number of hydrogen-bond acceptors (Lipinski definition) is 4. The van der Waals surface area contributed by atoms with Crippen molar-refractivity contribution < 1.29 is 19.2 Å². The molecule has 6 heteroatoms. The molecular formula is C24H22N2O4. The van der Waals surface area contributed by atoms with E-state index in [0.717, 1.165) is 53.0 Å². The quantitative estimate of drug-likeness (QED) is 0.722. The van der Waals surface area contributed by atoms with Crippen molar-refractivity contribution in [1.82, 2.24) is 9.80 Å². The fourth-order valence-corrected chi connectivity index (χ4v) is 5.22. The predicted octanol–water partition coefficient (Wildman–Crippen LogP) is 3.39. The zero-order valence-corrected chi connectivity index (χ0v) is 17.0. The first-order valence-electron chi connectivity index (χ1n) is 10.3. The molecule has 0 N–H and O–H groups in total. The van der Waals surface area contributed by atoms with Crippen molar-refractivity contribution in [2.24, 2.45) is 0 Å². The van der Waals surface area contributed by atoms with Crippen molar-refractivity contribution in [3.63, 3.8) is 0 Å². The maximum absolute atomic E-state index is 12.6. The topological polar surface area (TPSA) is 74.8 Å². The second-order valence-corrected chi connectivity index (χ2v) is 8.50. The standard InChI is InChI=1S/C24H22N2O4/c1-25-20(27)16-8-6-14(12-18(16)22(25)29)24(10-4-3-5-11-24)15-7-9-17-19(13-15)23(30)26(2)21(17)28/h6-9,12-13H,3-5,10-11H2,1-2H3.